The monoisotopic (exact) mass is 230 g/mol. The third-order valence-electron chi connectivity index (χ3n) is 2.28. The van der Waals surface area contributed by atoms with Gasteiger partial charge in [0.15, 0.2) is 5.82 Å². The summed E-state index contributed by atoms with van der Waals surface area (Å²) in [6.45, 7) is 0. The maximum absolute atomic E-state index is 11.2. The molecule has 0 aliphatic carbocycles. The van der Waals surface area contributed by atoms with Gasteiger partial charge in [-0.25, -0.2) is 4.79 Å². The first kappa shape index (κ1) is 11.0. The maximum Gasteiger partial charge on any atom is 0.320 e. The molecule has 6 heteroatoms. The zero-order chi connectivity index (χ0) is 12.3. The van der Waals surface area contributed by atoms with Crippen molar-refractivity contribution in [1.29, 1.82) is 0 Å². The second kappa shape index (κ2) is 4.56. The average molecular weight is 230 g/mol. The molecular formula is C11H10N4O2. The van der Waals surface area contributed by atoms with Crippen molar-refractivity contribution < 1.29 is 9.59 Å². The van der Waals surface area contributed by atoms with Gasteiger partial charge in [-0.15, -0.1) is 5.10 Å². The second-order valence-electron chi connectivity index (χ2n) is 3.36. The Morgan fingerprint density at radius 1 is 1.41 bits per heavy atom. The van der Waals surface area contributed by atoms with Crippen LogP contribution in [0.15, 0.2) is 24.4 Å². The zero-order valence-corrected chi connectivity index (χ0v) is 9.10. The molecule has 1 aromatic carbocycles. The number of carbonyl (C=O) groups is 2. The maximum atomic E-state index is 11.2. The Bertz CT molecular complexity index is 583. The summed E-state index contributed by atoms with van der Waals surface area (Å²) in [6.07, 6.45) is 2.29. The van der Waals surface area contributed by atoms with Crippen molar-refractivity contribution in [1.82, 2.24) is 15.5 Å². The summed E-state index contributed by atoms with van der Waals surface area (Å²) in [5, 5.41) is 14.1. The van der Waals surface area contributed by atoms with E-state index >= 15 is 0 Å². The second-order valence-corrected chi connectivity index (χ2v) is 3.36. The number of nitrogens with one attached hydrogen (secondary N) is 2. The zero-order valence-electron chi connectivity index (χ0n) is 9.10. The highest BCUT2D eigenvalue weighted by molar-refractivity contribution is 6.00. The molecule has 1 heterocycles. The van der Waals surface area contributed by atoms with Gasteiger partial charge in [-0.2, -0.15) is 5.10 Å². The summed E-state index contributed by atoms with van der Waals surface area (Å²) >= 11 is 0. The molecule has 2 N–H and O–H groups in total. The number of fused-ring (bicyclic) bond motifs is 1. The lowest BCUT2D eigenvalue weighted by molar-refractivity contribution is 0.112. The molecule has 0 aliphatic heterocycles. The quantitative estimate of drug-likeness (QED) is 0.759. The van der Waals surface area contributed by atoms with E-state index in [0.29, 0.717) is 11.4 Å². The fraction of sp³-hybridized carbons (Fsp3) is 0.0909. The molecule has 0 saturated carbocycles. The van der Waals surface area contributed by atoms with E-state index in [1.165, 1.54) is 13.2 Å². The summed E-state index contributed by atoms with van der Waals surface area (Å²) in [5.41, 5.74) is 0.552. The van der Waals surface area contributed by atoms with E-state index in [-0.39, 0.29) is 6.03 Å². The van der Waals surface area contributed by atoms with Crippen LogP contribution in [0.25, 0.3) is 10.8 Å². The molecule has 0 bridgehead atoms. The molecular weight excluding hydrogens is 220 g/mol. The van der Waals surface area contributed by atoms with Crippen LogP contribution in [-0.4, -0.2) is 29.6 Å². The van der Waals surface area contributed by atoms with E-state index in [9.17, 15) is 9.59 Å². The van der Waals surface area contributed by atoms with Crippen LogP contribution in [-0.2, 0) is 0 Å². The minimum absolute atomic E-state index is 0.360. The number of amides is 2. The molecule has 0 aliphatic rings. The van der Waals surface area contributed by atoms with Crippen LogP contribution >= 0.6 is 0 Å². The lowest BCUT2D eigenvalue weighted by Crippen LogP contribution is -2.25. The van der Waals surface area contributed by atoms with Crippen molar-refractivity contribution in [2.45, 2.75) is 0 Å². The van der Waals surface area contributed by atoms with Gasteiger partial charge < -0.3 is 5.32 Å². The molecule has 2 amide bonds. The van der Waals surface area contributed by atoms with Crippen LogP contribution < -0.4 is 10.6 Å². The van der Waals surface area contributed by atoms with Crippen molar-refractivity contribution in [2.24, 2.45) is 0 Å². The van der Waals surface area contributed by atoms with Crippen LogP contribution in [0, 0.1) is 0 Å². The van der Waals surface area contributed by atoms with Crippen molar-refractivity contribution >= 4 is 28.9 Å². The van der Waals surface area contributed by atoms with Gasteiger partial charge in [0.2, 0.25) is 0 Å². The predicted molar refractivity (Wildman–Crippen MR) is 63.0 cm³/mol. The van der Waals surface area contributed by atoms with Gasteiger partial charge in [0.05, 0.1) is 6.20 Å². The van der Waals surface area contributed by atoms with Crippen LogP contribution in [0.5, 0.6) is 0 Å². The lowest BCUT2D eigenvalue weighted by Gasteiger charge is -2.06. The van der Waals surface area contributed by atoms with Crippen molar-refractivity contribution in [3.8, 4) is 0 Å². The number of hydrogen-bond donors (Lipinski definition) is 2. The first-order valence-corrected chi connectivity index (χ1v) is 4.94. The fourth-order valence-electron chi connectivity index (χ4n) is 1.44. The van der Waals surface area contributed by atoms with E-state index < -0.39 is 0 Å². The van der Waals surface area contributed by atoms with E-state index in [1.807, 2.05) is 0 Å². The molecule has 0 atom stereocenters. The molecule has 2 rings (SSSR count). The minimum atomic E-state index is -0.369. The van der Waals surface area contributed by atoms with Crippen LogP contribution in [0.1, 0.15) is 10.4 Å². The molecule has 0 saturated heterocycles. The predicted octanol–water partition coefficient (Wildman–Crippen LogP) is 1.19. The summed E-state index contributed by atoms with van der Waals surface area (Å²) in [7, 11) is 1.51. The highest BCUT2D eigenvalue weighted by Gasteiger charge is 2.06. The van der Waals surface area contributed by atoms with Gasteiger partial charge in [-0.1, -0.05) is 6.07 Å². The number of aromatic nitrogens is 2. The van der Waals surface area contributed by atoms with Gasteiger partial charge in [0.25, 0.3) is 0 Å². The molecule has 17 heavy (non-hydrogen) atoms. The van der Waals surface area contributed by atoms with Crippen molar-refractivity contribution in [3.63, 3.8) is 0 Å². The number of urea groups is 1. The number of anilines is 1. The Hall–Kier alpha value is -2.50. The van der Waals surface area contributed by atoms with Crippen LogP contribution in [0.3, 0.4) is 0 Å². The van der Waals surface area contributed by atoms with Crippen molar-refractivity contribution in [3.05, 3.63) is 30.0 Å². The number of rotatable bonds is 2. The largest absolute Gasteiger partial charge is 0.341 e. The van der Waals surface area contributed by atoms with Gasteiger partial charge in [-0.05, 0) is 12.1 Å². The van der Waals surface area contributed by atoms with Gasteiger partial charge in [-0.3, -0.25) is 10.1 Å². The Kier molecular flexibility index (Phi) is 2.95. The van der Waals surface area contributed by atoms with E-state index in [2.05, 4.69) is 20.8 Å². The Morgan fingerprint density at radius 2 is 2.24 bits per heavy atom. The Labute approximate surface area is 97.0 Å². The fourth-order valence-corrected chi connectivity index (χ4v) is 1.44. The lowest BCUT2D eigenvalue weighted by atomic mass is 10.1. The number of benzene rings is 1. The number of carbonyl (C=O) groups excluding carboxylic acids is 2. The summed E-state index contributed by atoms with van der Waals surface area (Å²) < 4.78 is 0. The Morgan fingerprint density at radius 3 is 2.94 bits per heavy atom. The van der Waals surface area contributed by atoms with E-state index in [4.69, 9.17) is 0 Å². The van der Waals surface area contributed by atoms with E-state index in [1.54, 1.807) is 18.2 Å². The molecule has 0 spiro atoms. The molecule has 0 unspecified atom stereocenters. The molecule has 6 nitrogen and oxygen atoms in total. The number of aldehydes is 1. The van der Waals surface area contributed by atoms with Crippen LogP contribution in [0.2, 0.25) is 0 Å². The highest BCUT2D eigenvalue weighted by atomic mass is 16.2. The van der Waals surface area contributed by atoms with Gasteiger partial charge in [0, 0.05) is 23.4 Å². The standard InChI is InChI=1S/C11H10N4O2/c1-12-11(17)14-10-9-3-2-7(6-16)4-8(9)5-13-15-10/h2-6H,1H3,(H2,12,14,15,17). The molecule has 1 aromatic heterocycles. The number of nitrogens with zero attached hydrogens (tertiary/aromatic N) is 2. The molecule has 0 fully saturated rings. The first-order valence-electron chi connectivity index (χ1n) is 4.94. The third kappa shape index (κ3) is 2.20. The minimum Gasteiger partial charge on any atom is -0.341 e. The summed E-state index contributed by atoms with van der Waals surface area (Å²) in [6, 6.07) is 4.70. The third-order valence-corrected chi connectivity index (χ3v) is 2.28. The number of hydrogen-bond acceptors (Lipinski definition) is 4. The average Bonchev–Trinajstić information content (AvgIpc) is 2.38. The van der Waals surface area contributed by atoms with Gasteiger partial charge in [0.1, 0.15) is 6.29 Å². The van der Waals surface area contributed by atoms with Crippen LogP contribution in [0.4, 0.5) is 10.6 Å². The molecule has 2 aromatic rings. The first-order chi connectivity index (χ1) is 8.24. The molecule has 86 valence electrons. The SMILES string of the molecule is CNC(=O)Nc1nncc2cc(C=O)ccc12. The summed E-state index contributed by atoms with van der Waals surface area (Å²) in [4.78, 5) is 21.8. The topological polar surface area (TPSA) is 84.0 Å². The van der Waals surface area contributed by atoms with E-state index in [0.717, 1.165) is 17.1 Å². The smallest absolute Gasteiger partial charge is 0.320 e. The summed E-state index contributed by atoms with van der Waals surface area (Å²) in [5.74, 6) is 0.360. The Balaban J connectivity index is 2.50. The normalized spacial score (nSPS) is 9.94. The highest BCUT2D eigenvalue weighted by Crippen LogP contribution is 2.20. The van der Waals surface area contributed by atoms with Crippen molar-refractivity contribution in [2.75, 3.05) is 12.4 Å². The molecule has 0 radical (unpaired) electrons. The van der Waals surface area contributed by atoms with Gasteiger partial charge >= 0.3 is 6.03 Å².